The fourth-order valence-corrected chi connectivity index (χ4v) is 3.31. The van der Waals surface area contributed by atoms with Crippen molar-refractivity contribution in [1.29, 1.82) is 0 Å². The molecule has 10 nitrogen and oxygen atoms in total. The molecule has 2 heterocycles. The van der Waals surface area contributed by atoms with Crippen molar-refractivity contribution in [3.05, 3.63) is 93.4 Å². The second-order valence-electron chi connectivity index (χ2n) is 7.01. The molecule has 0 atom stereocenters. The van der Waals surface area contributed by atoms with E-state index in [1.165, 1.54) is 30.5 Å². The molecule has 2 aromatic carbocycles. The van der Waals surface area contributed by atoms with Gasteiger partial charge in [0.2, 0.25) is 0 Å². The summed E-state index contributed by atoms with van der Waals surface area (Å²) in [7, 11) is 0. The number of benzene rings is 2. The predicted molar refractivity (Wildman–Crippen MR) is 119 cm³/mol. The highest BCUT2D eigenvalue weighted by atomic mass is 16.6. The van der Waals surface area contributed by atoms with Crippen LogP contribution in [0.4, 0.5) is 5.69 Å². The fraction of sp³-hybridized carbons (Fsp3) is 0.0909. The van der Waals surface area contributed by atoms with E-state index < -0.39 is 10.8 Å². The van der Waals surface area contributed by atoms with E-state index in [0.717, 1.165) is 22.6 Å². The number of hydrogen-bond acceptors (Lipinski definition) is 6. The molecule has 1 amide bonds. The Bertz CT molecular complexity index is 1310. The Morgan fingerprint density at radius 3 is 2.56 bits per heavy atom. The second kappa shape index (κ2) is 8.64. The van der Waals surface area contributed by atoms with E-state index in [0.29, 0.717) is 11.3 Å². The smallest absolute Gasteiger partial charge is 0.272 e. The molecule has 0 radical (unpaired) electrons. The third-order valence-electron chi connectivity index (χ3n) is 4.85. The molecule has 0 bridgehead atoms. The number of rotatable bonds is 6. The first-order valence-electron chi connectivity index (χ1n) is 9.69. The minimum atomic E-state index is -0.481. The van der Waals surface area contributed by atoms with Crippen LogP contribution in [-0.2, 0) is 0 Å². The first-order chi connectivity index (χ1) is 15.4. The number of aromatic amines is 1. The summed E-state index contributed by atoms with van der Waals surface area (Å²) in [4.78, 5) is 22.6. The SMILES string of the molecule is Cc1nn(-c2ccccc2)c(C)c1-c1cc(C(=O)N/N=C/c2ccc([N+](=O)[O-])cc2)[nH]n1. The molecule has 0 aliphatic rings. The van der Waals surface area contributed by atoms with Crippen LogP contribution in [-0.4, -0.2) is 37.0 Å². The van der Waals surface area contributed by atoms with Crippen LogP contribution in [0.3, 0.4) is 0 Å². The van der Waals surface area contributed by atoms with E-state index in [4.69, 9.17) is 0 Å². The highest BCUT2D eigenvalue weighted by molar-refractivity contribution is 5.94. The Kier molecular flexibility index (Phi) is 5.58. The molecule has 0 fully saturated rings. The van der Waals surface area contributed by atoms with Crippen molar-refractivity contribution in [2.75, 3.05) is 0 Å². The van der Waals surface area contributed by atoms with Gasteiger partial charge in [-0.2, -0.15) is 15.3 Å². The molecule has 0 spiro atoms. The first-order valence-corrected chi connectivity index (χ1v) is 9.69. The average Bonchev–Trinajstić information content (AvgIpc) is 3.39. The molecular weight excluding hydrogens is 410 g/mol. The molecule has 0 saturated heterocycles. The van der Waals surface area contributed by atoms with Gasteiger partial charge in [0.1, 0.15) is 5.69 Å². The van der Waals surface area contributed by atoms with Gasteiger partial charge in [0, 0.05) is 17.7 Å². The number of aryl methyl sites for hydroxylation is 1. The molecule has 10 heteroatoms. The second-order valence-corrected chi connectivity index (χ2v) is 7.01. The lowest BCUT2D eigenvalue weighted by atomic mass is 10.1. The van der Waals surface area contributed by atoms with Crippen LogP contribution in [0.25, 0.3) is 16.9 Å². The number of nitro groups is 1. The number of non-ortho nitro benzene ring substituents is 1. The molecule has 2 aromatic heterocycles. The standard InChI is InChI=1S/C22H19N7O3/c1-14-21(15(2)28(27-14)17-6-4-3-5-7-17)19-12-20(25-24-19)22(30)26-23-13-16-8-10-18(11-9-16)29(31)32/h3-13H,1-2H3,(H,24,25)(H,26,30)/b23-13+. The van der Waals surface area contributed by atoms with Crippen LogP contribution in [0.2, 0.25) is 0 Å². The number of hydrazone groups is 1. The number of para-hydroxylation sites is 1. The van der Waals surface area contributed by atoms with Gasteiger partial charge in [-0.15, -0.1) is 0 Å². The molecule has 32 heavy (non-hydrogen) atoms. The van der Waals surface area contributed by atoms with Crippen molar-refractivity contribution in [2.24, 2.45) is 5.10 Å². The summed E-state index contributed by atoms with van der Waals surface area (Å²) in [5, 5.41) is 26.2. The monoisotopic (exact) mass is 429 g/mol. The van der Waals surface area contributed by atoms with Gasteiger partial charge in [-0.3, -0.25) is 20.0 Å². The number of aromatic nitrogens is 4. The van der Waals surface area contributed by atoms with Gasteiger partial charge in [-0.25, -0.2) is 10.1 Å². The van der Waals surface area contributed by atoms with Gasteiger partial charge >= 0.3 is 0 Å². The largest absolute Gasteiger partial charge is 0.289 e. The fourth-order valence-electron chi connectivity index (χ4n) is 3.31. The quantitative estimate of drug-likeness (QED) is 0.275. The van der Waals surface area contributed by atoms with Crippen LogP contribution in [0.5, 0.6) is 0 Å². The number of amides is 1. The van der Waals surface area contributed by atoms with Crippen LogP contribution in [0.15, 0.2) is 65.8 Å². The van der Waals surface area contributed by atoms with Gasteiger partial charge in [0.15, 0.2) is 0 Å². The van der Waals surface area contributed by atoms with E-state index in [2.05, 4.69) is 25.8 Å². The summed E-state index contributed by atoms with van der Waals surface area (Å²) in [6.07, 6.45) is 1.40. The molecule has 160 valence electrons. The highest BCUT2D eigenvalue weighted by Gasteiger charge is 2.18. The zero-order chi connectivity index (χ0) is 22.7. The molecule has 4 rings (SSSR count). The molecular formula is C22H19N7O3. The summed E-state index contributed by atoms with van der Waals surface area (Å²) >= 11 is 0. The molecule has 4 aromatic rings. The van der Waals surface area contributed by atoms with Gasteiger partial charge in [0.25, 0.3) is 11.6 Å². The van der Waals surface area contributed by atoms with Crippen LogP contribution in [0.1, 0.15) is 27.4 Å². The third kappa shape index (κ3) is 4.15. The van der Waals surface area contributed by atoms with Gasteiger partial charge in [-0.1, -0.05) is 18.2 Å². The van der Waals surface area contributed by atoms with Crippen molar-refractivity contribution < 1.29 is 9.72 Å². The summed E-state index contributed by atoms with van der Waals surface area (Å²) in [6.45, 7) is 3.84. The van der Waals surface area contributed by atoms with E-state index in [1.807, 2.05) is 48.9 Å². The Morgan fingerprint density at radius 1 is 1.16 bits per heavy atom. The van der Waals surface area contributed by atoms with E-state index in [1.54, 1.807) is 6.07 Å². The average molecular weight is 429 g/mol. The summed E-state index contributed by atoms with van der Waals surface area (Å²) in [5.41, 5.74) is 7.34. The zero-order valence-electron chi connectivity index (χ0n) is 17.3. The van der Waals surface area contributed by atoms with Crippen molar-refractivity contribution in [1.82, 2.24) is 25.4 Å². The number of nitrogens with one attached hydrogen (secondary N) is 2. The van der Waals surface area contributed by atoms with Crippen molar-refractivity contribution >= 4 is 17.8 Å². The Balaban J connectivity index is 1.48. The Labute approximate surface area is 182 Å². The molecule has 0 aliphatic carbocycles. The molecule has 0 aliphatic heterocycles. The van der Waals surface area contributed by atoms with E-state index >= 15 is 0 Å². The molecule has 0 unspecified atom stereocenters. The van der Waals surface area contributed by atoms with Crippen LogP contribution >= 0.6 is 0 Å². The normalized spacial score (nSPS) is 11.1. The van der Waals surface area contributed by atoms with Crippen molar-refractivity contribution in [3.8, 4) is 16.9 Å². The summed E-state index contributed by atoms with van der Waals surface area (Å²) in [5.74, 6) is -0.465. The number of H-pyrrole nitrogens is 1. The minimum absolute atomic E-state index is 0.0163. The minimum Gasteiger partial charge on any atom is -0.272 e. The zero-order valence-corrected chi connectivity index (χ0v) is 17.3. The lowest BCUT2D eigenvalue weighted by Crippen LogP contribution is -2.18. The van der Waals surface area contributed by atoms with Crippen molar-refractivity contribution in [3.63, 3.8) is 0 Å². The number of hydrogen-bond donors (Lipinski definition) is 2. The Hall–Kier alpha value is -4.60. The van der Waals surface area contributed by atoms with Crippen molar-refractivity contribution in [2.45, 2.75) is 13.8 Å². The first kappa shape index (κ1) is 20.7. The lowest BCUT2D eigenvalue weighted by Gasteiger charge is -2.04. The maximum Gasteiger partial charge on any atom is 0.289 e. The lowest BCUT2D eigenvalue weighted by molar-refractivity contribution is -0.384. The maximum absolute atomic E-state index is 12.4. The molecule has 0 saturated carbocycles. The van der Waals surface area contributed by atoms with Gasteiger partial charge < -0.3 is 0 Å². The number of carbonyl (C=O) groups excluding carboxylic acids is 1. The van der Waals surface area contributed by atoms with E-state index in [9.17, 15) is 14.9 Å². The number of nitro benzene ring substituents is 1. The Morgan fingerprint density at radius 2 is 1.88 bits per heavy atom. The van der Waals surface area contributed by atoms with Crippen LogP contribution < -0.4 is 5.43 Å². The third-order valence-corrected chi connectivity index (χ3v) is 4.85. The predicted octanol–water partition coefficient (Wildman–Crippen LogP) is 3.55. The summed E-state index contributed by atoms with van der Waals surface area (Å²) in [6, 6.07) is 17.2. The van der Waals surface area contributed by atoms with E-state index in [-0.39, 0.29) is 11.4 Å². The maximum atomic E-state index is 12.4. The van der Waals surface area contributed by atoms with Gasteiger partial charge in [0.05, 0.1) is 33.9 Å². The highest BCUT2D eigenvalue weighted by Crippen LogP contribution is 2.27. The molecule has 2 N–H and O–H groups in total. The van der Waals surface area contributed by atoms with Crippen LogP contribution in [0, 0.1) is 24.0 Å². The summed E-state index contributed by atoms with van der Waals surface area (Å²) < 4.78 is 1.84. The number of nitrogens with zero attached hydrogens (tertiary/aromatic N) is 5. The van der Waals surface area contributed by atoms with Gasteiger partial charge in [-0.05, 0) is 49.7 Å². The topological polar surface area (TPSA) is 131 Å². The number of carbonyl (C=O) groups is 1.